The number of imide groups is 1. The molecule has 25 heavy (non-hydrogen) atoms. The molecule has 1 atom stereocenters. The number of hydrogen-bond acceptors (Lipinski definition) is 4. The number of nitrogens with zero attached hydrogens (tertiary/aromatic N) is 2. The number of piperazine rings is 1. The maximum absolute atomic E-state index is 13.5. The van der Waals surface area contributed by atoms with Gasteiger partial charge >= 0.3 is 6.03 Å². The summed E-state index contributed by atoms with van der Waals surface area (Å²) in [6, 6.07) is 5.36. The number of nitrogens with one attached hydrogen (secondary N) is 2. The Hall–Kier alpha value is -2.19. The molecule has 0 radical (unpaired) electrons. The summed E-state index contributed by atoms with van der Waals surface area (Å²) in [5, 5.41) is 5.41. The minimum atomic E-state index is -0.544. The van der Waals surface area contributed by atoms with Gasteiger partial charge in [-0.15, -0.1) is 12.4 Å². The van der Waals surface area contributed by atoms with Crippen molar-refractivity contribution in [3.63, 3.8) is 0 Å². The van der Waals surface area contributed by atoms with Crippen LogP contribution in [0.5, 0.6) is 0 Å². The SMILES string of the molecule is Cl.O=C1CCN(CC(=O)N2CCNCC2c2cccc(F)c2)C(=O)N1. The highest BCUT2D eigenvalue weighted by Crippen LogP contribution is 2.23. The molecule has 4 amide bonds. The maximum atomic E-state index is 13.5. The number of halogens is 2. The van der Waals surface area contributed by atoms with Crippen LogP contribution in [0.25, 0.3) is 0 Å². The van der Waals surface area contributed by atoms with Crippen molar-refractivity contribution in [3.05, 3.63) is 35.6 Å². The lowest BCUT2D eigenvalue weighted by Crippen LogP contribution is -2.55. The average Bonchev–Trinajstić information content (AvgIpc) is 2.57. The molecular formula is C16H20ClFN4O3. The highest BCUT2D eigenvalue weighted by Gasteiger charge is 2.31. The molecule has 0 bridgehead atoms. The van der Waals surface area contributed by atoms with Gasteiger partial charge in [-0.25, -0.2) is 9.18 Å². The van der Waals surface area contributed by atoms with Crippen LogP contribution in [0.1, 0.15) is 18.0 Å². The van der Waals surface area contributed by atoms with E-state index in [-0.39, 0.29) is 55.6 Å². The predicted molar refractivity (Wildman–Crippen MR) is 90.7 cm³/mol. The number of amides is 4. The van der Waals surface area contributed by atoms with Gasteiger partial charge in [-0.05, 0) is 17.7 Å². The third kappa shape index (κ3) is 4.46. The second kappa shape index (κ2) is 8.26. The molecule has 7 nitrogen and oxygen atoms in total. The summed E-state index contributed by atoms with van der Waals surface area (Å²) in [4.78, 5) is 38.6. The van der Waals surface area contributed by atoms with E-state index >= 15 is 0 Å². The van der Waals surface area contributed by atoms with Crippen LogP contribution in [0.4, 0.5) is 9.18 Å². The fourth-order valence-electron chi connectivity index (χ4n) is 3.02. The molecule has 3 rings (SSSR count). The summed E-state index contributed by atoms with van der Waals surface area (Å²) >= 11 is 0. The second-order valence-electron chi connectivity index (χ2n) is 5.89. The van der Waals surface area contributed by atoms with Crippen molar-refractivity contribution < 1.29 is 18.8 Å². The minimum absolute atomic E-state index is 0. The van der Waals surface area contributed by atoms with E-state index in [0.29, 0.717) is 25.2 Å². The van der Waals surface area contributed by atoms with Gasteiger partial charge in [0.25, 0.3) is 0 Å². The fraction of sp³-hybridized carbons (Fsp3) is 0.438. The number of urea groups is 1. The Morgan fingerprint density at radius 1 is 1.28 bits per heavy atom. The molecule has 2 aliphatic rings. The molecule has 2 aliphatic heterocycles. The first-order chi connectivity index (χ1) is 11.5. The third-order valence-electron chi connectivity index (χ3n) is 4.27. The van der Waals surface area contributed by atoms with Crippen molar-refractivity contribution in [1.29, 1.82) is 0 Å². The smallest absolute Gasteiger partial charge is 0.324 e. The van der Waals surface area contributed by atoms with Gasteiger partial charge in [0.1, 0.15) is 12.4 Å². The molecule has 2 saturated heterocycles. The van der Waals surface area contributed by atoms with Crippen LogP contribution >= 0.6 is 12.4 Å². The minimum Gasteiger partial charge on any atom is -0.332 e. The Morgan fingerprint density at radius 2 is 2.08 bits per heavy atom. The molecule has 9 heteroatoms. The molecule has 0 saturated carbocycles. The van der Waals surface area contributed by atoms with Crippen molar-refractivity contribution in [2.24, 2.45) is 0 Å². The van der Waals surface area contributed by atoms with E-state index in [2.05, 4.69) is 10.6 Å². The van der Waals surface area contributed by atoms with Crippen molar-refractivity contribution in [2.75, 3.05) is 32.7 Å². The molecule has 0 aromatic heterocycles. The van der Waals surface area contributed by atoms with Gasteiger partial charge < -0.3 is 15.1 Å². The van der Waals surface area contributed by atoms with Crippen LogP contribution in [0.2, 0.25) is 0 Å². The van der Waals surface area contributed by atoms with E-state index in [1.807, 2.05) is 0 Å². The topological polar surface area (TPSA) is 81.8 Å². The summed E-state index contributed by atoms with van der Waals surface area (Å²) in [5.74, 6) is -0.891. The Kier molecular flexibility index (Phi) is 6.33. The normalized spacial score (nSPS) is 20.8. The lowest BCUT2D eigenvalue weighted by Gasteiger charge is -2.38. The standard InChI is InChI=1S/C16H19FN4O3.ClH/c17-12-3-1-2-11(8-12)13-9-18-5-7-21(13)15(23)10-20-6-4-14(22)19-16(20)24;/h1-3,8,13,18H,4-7,9-10H2,(H,19,22,24);1H. The summed E-state index contributed by atoms with van der Waals surface area (Å²) in [5.41, 5.74) is 0.717. The maximum Gasteiger partial charge on any atom is 0.324 e. The van der Waals surface area contributed by atoms with Crippen molar-refractivity contribution in [3.8, 4) is 0 Å². The Morgan fingerprint density at radius 3 is 2.80 bits per heavy atom. The summed E-state index contributed by atoms with van der Waals surface area (Å²) < 4.78 is 13.5. The zero-order chi connectivity index (χ0) is 17.1. The van der Waals surface area contributed by atoms with E-state index in [9.17, 15) is 18.8 Å². The van der Waals surface area contributed by atoms with Gasteiger partial charge in [-0.2, -0.15) is 0 Å². The van der Waals surface area contributed by atoms with E-state index in [1.165, 1.54) is 17.0 Å². The highest BCUT2D eigenvalue weighted by molar-refractivity contribution is 5.98. The monoisotopic (exact) mass is 370 g/mol. The van der Waals surface area contributed by atoms with Crippen LogP contribution in [0.15, 0.2) is 24.3 Å². The number of benzene rings is 1. The lowest BCUT2D eigenvalue weighted by atomic mass is 10.0. The number of carbonyl (C=O) groups excluding carboxylic acids is 3. The molecular weight excluding hydrogens is 351 g/mol. The molecule has 1 aromatic carbocycles. The Labute approximate surface area is 150 Å². The van der Waals surface area contributed by atoms with Gasteiger partial charge in [0.15, 0.2) is 0 Å². The Balaban J connectivity index is 0.00000225. The highest BCUT2D eigenvalue weighted by atomic mass is 35.5. The van der Waals surface area contributed by atoms with Crippen LogP contribution in [0.3, 0.4) is 0 Å². The number of hydrogen-bond donors (Lipinski definition) is 2. The average molecular weight is 371 g/mol. The van der Waals surface area contributed by atoms with Gasteiger partial charge in [-0.3, -0.25) is 14.9 Å². The zero-order valence-corrected chi connectivity index (χ0v) is 14.4. The quantitative estimate of drug-likeness (QED) is 0.819. The predicted octanol–water partition coefficient (Wildman–Crippen LogP) is 0.662. The van der Waals surface area contributed by atoms with Gasteiger partial charge in [0.2, 0.25) is 11.8 Å². The van der Waals surface area contributed by atoms with Crippen molar-refractivity contribution in [1.82, 2.24) is 20.4 Å². The molecule has 0 aliphatic carbocycles. The van der Waals surface area contributed by atoms with Gasteiger partial charge in [0.05, 0.1) is 6.04 Å². The van der Waals surface area contributed by atoms with E-state index in [1.54, 1.807) is 17.0 Å². The van der Waals surface area contributed by atoms with Crippen LogP contribution in [-0.2, 0) is 9.59 Å². The van der Waals surface area contributed by atoms with Crippen molar-refractivity contribution in [2.45, 2.75) is 12.5 Å². The first-order valence-corrected chi connectivity index (χ1v) is 7.89. The number of carbonyl (C=O) groups is 3. The molecule has 2 heterocycles. The summed E-state index contributed by atoms with van der Waals surface area (Å²) in [6.45, 7) is 1.79. The molecule has 136 valence electrons. The fourth-order valence-corrected chi connectivity index (χ4v) is 3.02. The lowest BCUT2D eigenvalue weighted by molar-refractivity contribution is -0.136. The zero-order valence-electron chi connectivity index (χ0n) is 13.5. The molecule has 0 spiro atoms. The van der Waals surface area contributed by atoms with E-state index < -0.39 is 6.03 Å². The molecule has 2 N–H and O–H groups in total. The third-order valence-corrected chi connectivity index (χ3v) is 4.27. The number of rotatable bonds is 3. The van der Waals surface area contributed by atoms with E-state index in [0.717, 1.165) is 0 Å². The Bertz CT molecular complexity index is 673. The largest absolute Gasteiger partial charge is 0.332 e. The van der Waals surface area contributed by atoms with Crippen molar-refractivity contribution >= 4 is 30.3 Å². The van der Waals surface area contributed by atoms with Gasteiger partial charge in [0, 0.05) is 32.6 Å². The van der Waals surface area contributed by atoms with Crippen LogP contribution in [0, 0.1) is 5.82 Å². The summed E-state index contributed by atoms with van der Waals surface area (Å²) in [7, 11) is 0. The van der Waals surface area contributed by atoms with E-state index in [4.69, 9.17) is 0 Å². The van der Waals surface area contributed by atoms with Crippen LogP contribution in [-0.4, -0.2) is 60.4 Å². The molecule has 2 fully saturated rings. The summed E-state index contributed by atoms with van der Waals surface area (Å²) in [6.07, 6.45) is 0.188. The second-order valence-corrected chi connectivity index (χ2v) is 5.89. The van der Waals surface area contributed by atoms with Crippen LogP contribution < -0.4 is 10.6 Å². The molecule has 1 aromatic rings. The first-order valence-electron chi connectivity index (χ1n) is 7.89. The molecule has 1 unspecified atom stereocenters. The first kappa shape index (κ1) is 19.1. The van der Waals surface area contributed by atoms with Gasteiger partial charge in [-0.1, -0.05) is 12.1 Å².